The van der Waals surface area contributed by atoms with Gasteiger partial charge in [0.05, 0.1) is 105 Å². The summed E-state index contributed by atoms with van der Waals surface area (Å²) in [5, 5.41) is 36.6. The monoisotopic (exact) mass is 1480 g/mol. The van der Waals surface area contributed by atoms with Gasteiger partial charge < -0.3 is 39.7 Å². The topological polar surface area (TPSA) is 65.9 Å². The van der Waals surface area contributed by atoms with Gasteiger partial charge in [0.25, 0.3) is 0 Å². The van der Waals surface area contributed by atoms with Crippen molar-refractivity contribution >= 4 is 294 Å². The third-order valence-electron chi connectivity index (χ3n) is 28.5. The number of furan rings is 3. The van der Waals surface area contributed by atoms with Crippen molar-refractivity contribution in [1.29, 1.82) is 0 Å². The van der Waals surface area contributed by atoms with Gasteiger partial charge in [0, 0.05) is 156 Å². The maximum Gasteiger partial charge on any atom is 0.145 e. The molecule has 0 N–H and O–H groups in total. The molecule has 0 saturated carbocycles. The number of hydrogen-bond acceptors (Lipinski definition) is 3. The second-order valence-corrected chi connectivity index (χ2v) is 33.4. The predicted octanol–water partition coefficient (Wildman–Crippen LogP) is 29.6. The van der Waals surface area contributed by atoms with E-state index in [-0.39, 0.29) is 0 Å². The third kappa shape index (κ3) is 6.09. The van der Waals surface area contributed by atoms with Crippen LogP contribution in [0.3, 0.4) is 0 Å². The second kappa shape index (κ2) is 18.8. The molecule has 9 nitrogen and oxygen atoms in total. The van der Waals surface area contributed by atoms with Crippen LogP contribution in [-0.4, -0.2) is 26.4 Å². The van der Waals surface area contributed by atoms with Gasteiger partial charge in [-0.15, -0.1) is 0 Å². The Morgan fingerprint density at radius 3 is 1.14 bits per heavy atom. The molecule has 9 heteroatoms. The minimum Gasteiger partial charge on any atom is -0.456 e. The predicted molar refractivity (Wildman–Crippen MR) is 487 cm³/mol. The Balaban J connectivity index is 0.632. The SMILES string of the molecule is c1ccc2c(c1)oc1c2cc2c3ccccc3n3c4cc5c6ccc(-c7cccc8c7c7cc9oc%10ccccc%10c9c9c%10c%11c%12ccccc%12n%12c%13cc(-c%14cccc%15c%14c%14cccc%16c%17c%18c%19c%20c(ccc%19n%19c%21ccccc%21c(cc%17n%15c%14%16)c%18%19)oc%14ccccc%14%20)ccc%13c(cc%10n8c79)c%11%12)cc6n6c7ccccc7c(c4c1c23)c56. The van der Waals surface area contributed by atoms with Gasteiger partial charge in [-0.3, -0.25) is 0 Å². The summed E-state index contributed by atoms with van der Waals surface area (Å²) in [6, 6.07) is 114. The Labute approximate surface area is 655 Å². The van der Waals surface area contributed by atoms with E-state index in [1.54, 1.807) is 0 Å². The Kier molecular flexibility index (Phi) is 9.17. The number of nitrogens with zero attached hydrogens (tertiary/aromatic N) is 6. The first kappa shape index (κ1) is 57.2. The van der Waals surface area contributed by atoms with Crippen LogP contribution in [0.4, 0.5) is 0 Å². The number of hydrogen-bond donors (Lipinski definition) is 0. The summed E-state index contributed by atoms with van der Waals surface area (Å²) in [7, 11) is 0. The molecule has 33 aromatic rings. The molecule has 0 bridgehead atoms. The standard InChI is InChI=1S/C108H50N6O3/c1-9-30-73-55(18-1)66-46-70-59-20-5-12-35-84(59)117-108(70)101-98-83(112(73)106(66)101)49-69-58-41-39-52(45-80(58)111-75-32-11-4-22-61(75)95(98)104(69)111)54-26-17-34-77-90(54)71-50-88-93(63-24-7-14-37-86(63)116-88)100-97-82(114(77)107(71)100)48-68-57-40-38-51(44-79(57)110-74-31-10-3-21-60(74)94(97)103(68)110)53-25-16-33-76-89(53)64-27-15-28-65-91-81(113(76)102(64)65)47-67-56-19-2-8-29-72(56)109-78-42-43-87-92(96(78)99(91)105(67)109)62-23-6-13-36-85(62)115-87/h1-50H. The summed E-state index contributed by atoms with van der Waals surface area (Å²) >= 11 is 0. The summed E-state index contributed by atoms with van der Waals surface area (Å²) in [6.45, 7) is 0. The zero-order chi connectivity index (χ0) is 74.4. The average molecular weight is 1480 g/mol. The van der Waals surface area contributed by atoms with E-state index in [1.807, 2.05) is 0 Å². The summed E-state index contributed by atoms with van der Waals surface area (Å²) < 4.78 is 36.4. The van der Waals surface area contributed by atoms with E-state index in [4.69, 9.17) is 13.3 Å². The average Bonchev–Trinajstić information content (AvgIpc) is 1.50. The maximum absolute atomic E-state index is 7.18. The maximum atomic E-state index is 7.18. The number of aromatic nitrogens is 6. The molecule has 15 heterocycles. The molecular weight excluding hydrogens is 1430 g/mol. The van der Waals surface area contributed by atoms with Crippen molar-refractivity contribution in [3.05, 3.63) is 303 Å². The summed E-state index contributed by atoms with van der Waals surface area (Å²) in [4.78, 5) is 0. The van der Waals surface area contributed by atoms with Crippen molar-refractivity contribution in [2.75, 3.05) is 0 Å². The molecular formula is C108H50N6O3. The van der Waals surface area contributed by atoms with Crippen LogP contribution in [0.25, 0.3) is 317 Å². The van der Waals surface area contributed by atoms with Gasteiger partial charge in [-0.25, -0.2) is 0 Å². The van der Waals surface area contributed by atoms with Crippen LogP contribution in [0.1, 0.15) is 0 Å². The van der Waals surface area contributed by atoms with E-state index in [9.17, 15) is 0 Å². The molecule has 0 saturated heterocycles. The minimum atomic E-state index is 0.884. The molecule has 15 aromatic heterocycles. The first-order valence-corrected chi connectivity index (χ1v) is 40.5. The molecule has 117 heavy (non-hydrogen) atoms. The molecule has 0 amide bonds. The molecule has 0 atom stereocenters. The lowest BCUT2D eigenvalue weighted by molar-refractivity contribution is 0.669. The molecule has 0 aliphatic carbocycles. The Bertz CT molecular complexity index is 10600. The molecule has 0 radical (unpaired) electrons. The van der Waals surface area contributed by atoms with Gasteiger partial charge in [-0.05, 0) is 131 Å². The second-order valence-electron chi connectivity index (χ2n) is 33.4. The Hall–Kier alpha value is -15.8. The molecule has 33 rings (SSSR count). The van der Waals surface area contributed by atoms with Crippen molar-refractivity contribution in [3.63, 3.8) is 0 Å². The van der Waals surface area contributed by atoms with Crippen LogP contribution in [0, 0.1) is 0 Å². The number of rotatable bonds is 2. The van der Waals surface area contributed by atoms with Crippen molar-refractivity contribution in [3.8, 4) is 22.3 Å². The fourth-order valence-corrected chi connectivity index (χ4v) is 24.4. The van der Waals surface area contributed by atoms with E-state index < -0.39 is 0 Å². The molecule has 0 fully saturated rings. The van der Waals surface area contributed by atoms with Crippen molar-refractivity contribution in [2.24, 2.45) is 0 Å². The van der Waals surface area contributed by atoms with Crippen molar-refractivity contribution < 1.29 is 13.3 Å². The fraction of sp³-hybridized carbons (Fsp3) is 0. The third-order valence-corrected chi connectivity index (χ3v) is 28.5. The summed E-state index contributed by atoms with van der Waals surface area (Å²) in [6.07, 6.45) is 0. The minimum absolute atomic E-state index is 0.884. The van der Waals surface area contributed by atoms with Crippen molar-refractivity contribution in [1.82, 2.24) is 26.4 Å². The van der Waals surface area contributed by atoms with Crippen LogP contribution in [0.15, 0.2) is 317 Å². The molecule has 0 spiro atoms. The van der Waals surface area contributed by atoms with Gasteiger partial charge in [-0.2, -0.15) is 0 Å². The highest BCUT2D eigenvalue weighted by Gasteiger charge is 2.35. The van der Waals surface area contributed by atoms with E-state index in [0.717, 1.165) is 71.5 Å². The van der Waals surface area contributed by atoms with Crippen LogP contribution >= 0.6 is 0 Å². The molecule has 0 unspecified atom stereocenters. The molecule has 18 aromatic carbocycles. The highest BCUT2D eigenvalue weighted by molar-refractivity contribution is 6.47. The first-order chi connectivity index (χ1) is 58.1. The largest absolute Gasteiger partial charge is 0.456 e. The lowest BCUT2D eigenvalue weighted by atomic mass is 9.94. The molecule has 530 valence electrons. The van der Waals surface area contributed by atoms with Crippen LogP contribution in [0.5, 0.6) is 0 Å². The van der Waals surface area contributed by atoms with Gasteiger partial charge in [0.15, 0.2) is 0 Å². The zero-order valence-electron chi connectivity index (χ0n) is 61.8. The number of benzene rings is 18. The summed E-state index contributed by atoms with van der Waals surface area (Å²) in [5.74, 6) is 0. The lowest BCUT2D eigenvalue weighted by Crippen LogP contribution is -1.85. The van der Waals surface area contributed by atoms with E-state index in [1.165, 1.54) is 245 Å². The highest BCUT2D eigenvalue weighted by atomic mass is 16.3. The van der Waals surface area contributed by atoms with Gasteiger partial charge >= 0.3 is 0 Å². The first-order valence-electron chi connectivity index (χ1n) is 40.5. The number of para-hydroxylation sites is 8. The normalized spacial score (nSPS) is 13.5. The van der Waals surface area contributed by atoms with E-state index in [0.29, 0.717) is 0 Å². The highest BCUT2D eigenvalue weighted by Crippen LogP contribution is 2.58. The summed E-state index contributed by atoms with van der Waals surface area (Å²) in [5.41, 5.74) is 31.9. The Morgan fingerprint density at radius 1 is 0.145 bits per heavy atom. The zero-order valence-corrected chi connectivity index (χ0v) is 61.8. The van der Waals surface area contributed by atoms with E-state index >= 15 is 0 Å². The van der Waals surface area contributed by atoms with Gasteiger partial charge in [0.1, 0.15) is 33.5 Å². The quantitative estimate of drug-likeness (QED) is 0.173. The van der Waals surface area contributed by atoms with Crippen LogP contribution < -0.4 is 0 Å². The van der Waals surface area contributed by atoms with E-state index in [2.05, 4.69) is 330 Å². The van der Waals surface area contributed by atoms with Gasteiger partial charge in [-0.1, -0.05) is 194 Å². The van der Waals surface area contributed by atoms with Crippen LogP contribution in [0.2, 0.25) is 0 Å². The fourth-order valence-electron chi connectivity index (χ4n) is 24.4. The Morgan fingerprint density at radius 2 is 0.521 bits per heavy atom. The van der Waals surface area contributed by atoms with Crippen LogP contribution in [-0.2, 0) is 0 Å². The number of fused-ring (bicyclic) bond motifs is 51. The molecule has 0 aliphatic heterocycles. The molecule has 0 aliphatic rings. The lowest BCUT2D eigenvalue weighted by Gasteiger charge is -2.08. The van der Waals surface area contributed by atoms with Crippen molar-refractivity contribution in [2.45, 2.75) is 0 Å². The van der Waals surface area contributed by atoms with Gasteiger partial charge in [0.2, 0.25) is 0 Å². The smallest absolute Gasteiger partial charge is 0.145 e.